The van der Waals surface area contributed by atoms with Crippen molar-refractivity contribution in [2.24, 2.45) is 11.8 Å². The summed E-state index contributed by atoms with van der Waals surface area (Å²) in [5, 5.41) is 4.74. The second kappa shape index (κ2) is 15.0. The fourth-order valence-electron chi connectivity index (χ4n) is 3.76. The van der Waals surface area contributed by atoms with Gasteiger partial charge in [0.05, 0.1) is 6.61 Å². The molecule has 12 heteroatoms. The molecule has 1 N–H and O–H groups in total. The molecule has 1 aromatic rings. The Hall–Kier alpha value is -2.89. The van der Waals surface area contributed by atoms with Gasteiger partial charge < -0.3 is 29.3 Å². The molecule has 0 aliphatic carbocycles. The van der Waals surface area contributed by atoms with E-state index in [2.05, 4.69) is 10.3 Å². The Morgan fingerprint density at radius 3 is 2.18 bits per heavy atom. The van der Waals surface area contributed by atoms with Crippen LogP contribution in [0, 0.1) is 11.8 Å². The summed E-state index contributed by atoms with van der Waals surface area (Å²) in [6, 6.07) is -1.20. The molecule has 0 fully saturated rings. The maximum atomic E-state index is 13.8. The number of carbonyl (C=O) groups excluding carboxylic acids is 4. The lowest BCUT2D eigenvalue weighted by Crippen LogP contribution is -2.55. The Balaban J connectivity index is 3.31. The molecule has 0 spiro atoms. The Kier molecular flexibility index (Phi) is 13.2. The molecular weight excluding hydrogens is 524 g/mol. The number of likely N-dealkylation sites (N-methyl/N-ethyl adjacent to an activating group) is 1. The zero-order chi connectivity index (χ0) is 30.1. The van der Waals surface area contributed by atoms with Gasteiger partial charge in [-0.3, -0.25) is 4.79 Å². The third-order valence-corrected chi connectivity index (χ3v) is 7.05. The maximum Gasteiger partial charge on any atom is 0.409 e. The van der Waals surface area contributed by atoms with Crippen molar-refractivity contribution in [1.82, 2.24) is 20.1 Å². The molecule has 1 unspecified atom stereocenters. The van der Waals surface area contributed by atoms with Crippen LogP contribution in [0.15, 0.2) is 5.38 Å². The number of rotatable bonds is 12. The van der Waals surface area contributed by atoms with Crippen molar-refractivity contribution in [3.63, 3.8) is 0 Å². The predicted molar refractivity (Wildman–Crippen MR) is 150 cm³/mol. The quantitative estimate of drug-likeness (QED) is 0.278. The SMILES string of the molecule is CCOC(=O)c1csc([C@@H](C[C@H](C(C)C)N(C)C(=O)[C@@H](NC(=O)OC(C)(C)C)C(C)CC)OC(=O)N(C)C)n1. The van der Waals surface area contributed by atoms with E-state index in [4.69, 9.17) is 14.2 Å². The van der Waals surface area contributed by atoms with Crippen molar-refractivity contribution < 1.29 is 33.4 Å². The summed E-state index contributed by atoms with van der Waals surface area (Å²) in [5.74, 6) is -1.04. The largest absolute Gasteiger partial charge is 0.461 e. The molecular formula is C27H46N4O7S. The van der Waals surface area contributed by atoms with Crippen LogP contribution in [0.2, 0.25) is 0 Å². The average Bonchev–Trinajstić information content (AvgIpc) is 3.32. The molecule has 4 atom stereocenters. The first kappa shape index (κ1) is 34.1. The number of esters is 1. The van der Waals surface area contributed by atoms with Crippen LogP contribution in [0.5, 0.6) is 0 Å². The molecule has 0 saturated heterocycles. The van der Waals surface area contributed by atoms with Crippen LogP contribution in [0.1, 0.15) is 89.8 Å². The average molecular weight is 571 g/mol. The van der Waals surface area contributed by atoms with Gasteiger partial charge in [0, 0.05) is 39.0 Å². The normalized spacial score (nSPS) is 14.6. The second-order valence-corrected chi connectivity index (χ2v) is 12.0. The van der Waals surface area contributed by atoms with E-state index < -0.39 is 35.9 Å². The fraction of sp³-hybridized carbons (Fsp3) is 0.741. The number of hydrogen-bond acceptors (Lipinski definition) is 9. The van der Waals surface area contributed by atoms with Gasteiger partial charge >= 0.3 is 18.2 Å². The van der Waals surface area contributed by atoms with Gasteiger partial charge in [0.1, 0.15) is 16.7 Å². The summed E-state index contributed by atoms with van der Waals surface area (Å²) in [6.45, 7) is 15.0. The smallest absolute Gasteiger partial charge is 0.409 e. The maximum absolute atomic E-state index is 13.8. The van der Waals surface area contributed by atoms with Crippen molar-refractivity contribution in [3.8, 4) is 0 Å². The van der Waals surface area contributed by atoms with Crippen molar-refractivity contribution in [3.05, 3.63) is 16.1 Å². The van der Waals surface area contributed by atoms with Crippen LogP contribution in [-0.2, 0) is 19.0 Å². The van der Waals surface area contributed by atoms with Crippen LogP contribution in [0.25, 0.3) is 0 Å². The zero-order valence-corrected chi connectivity index (χ0v) is 26.0. The van der Waals surface area contributed by atoms with Gasteiger partial charge in [-0.1, -0.05) is 34.1 Å². The summed E-state index contributed by atoms with van der Waals surface area (Å²) >= 11 is 1.18. The van der Waals surface area contributed by atoms with Crippen LogP contribution in [-0.4, -0.2) is 84.3 Å². The van der Waals surface area contributed by atoms with E-state index >= 15 is 0 Å². The van der Waals surface area contributed by atoms with Gasteiger partial charge in [-0.25, -0.2) is 19.4 Å². The summed E-state index contributed by atoms with van der Waals surface area (Å²) in [4.78, 5) is 58.3. The highest BCUT2D eigenvalue weighted by Gasteiger charge is 2.36. The highest BCUT2D eigenvalue weighted by molar-refractivity contribution is 7.09. The van der Waals surface area contributed by atoms with Crippen LogP contribution in [0.4, 0.5) is 9.59 Å². The molecule has 0 radical (unpaired) electrons. The van der Waals surface area contributed by atoms with E-state index in [0.717, 1.165) is 0 Å². The summed E-state index contributed by atoms with van der Waals surface area (Å²) < 4.78 is 16.2. The van der Waals surface area contributed by atoms with Gasteiger partial charge in [-0.2, -0.15) is 0 Å². The molecule has 1 aromatic heterocycles. The Morgan fingerprint density at radius 2 is 1.69 bits per heavy atom. The molecule has 0 saturated carbocycles. The van der Waals surface area contributed by atoms with Gasteiger partial charge in [0.25, 0.3) is 0 Å². The van der Waals surface area contributed by atoms with E-state index in [1.54, 1.807) is 59.1 Å². The van der Waals surface area contributed by atoms with E-state index in [-0.39, 0.29) is 42.5 Å². The van der Waals surface area contributed by atoms with Crippen molar-refractivity contribution in [1.29, 1.82) is 0 Å². The lowest BCUT2D eigenvalue weighted by molar-refractivity contribution is -0.137. The second-order valence-electron chi connectivity index (χ2n) is 11.1. The zero-order valence-electron chi connectivity index (χ0n) is 25.2. The summed E-state index contributed by atoms with van der Waals surface area (Å²) in [5.41, 5.74) is -0.578. The highest BCUT2D eigenvalue weighted by Crippen LogP contribution is 2.31. The number of nitrogens with zero attached hydrogens (tertiary/aromatic N) is 3. The van der Waals surface area contributed by atoms with Crippen molar-refractivity contribution >= 4 is 35.4 Å². The van der Waals surface area contributed by atoms with Gasteiger partial charge in [-0.05, 0) is 39.5 Å². The highest BCUT2D eigenvalue weighted by atomic mass is 32.1. The molecule has 39 heavy (non-hydrogen) atoms. The number of ether oxygens (including phenoxy) is 3. The minimum atomic E-state index is -0.823. The Morgan fingerprint density at radius 1 is 1.08 bits per heavy atom. The van der Waals surface area contributed by atoms with E-state index in [1.807, 2.05) is 27.7 Å². The number of alkyl carbamates (subject to hydrolysis) is 1. The number of aromatic nitrogens is 1. The fourth-order valence-corrected chi connectivity index (χ4v) is 4.59. The van der Waals surface area contributed by atoms with Crippen LogP contribution >= 0.6 is 11.3 Å². The Bertz CT molecular complexity index is 974. The minimum Gasteiger partial charge on any atom is -0.461 e. The number of nitrogens with one attached hydrogen (secondary N) is 1. The van der Waals surface area contributed by atoms with E-state index in [0.29, 0.717) is 11.4 Å². The van der Waals surface area contributed by atoms with Gasteiger partial charge in [0.15, 0.2) is 11.8 Å². The molecule has 0 aromatic carbocycles. The van der Waals surface area contributed by atoms with E-state index in [1.165, 1.54) is 16.2 Å². The molecule has 0 aliphatic heterocycles. The number of carbonyl (C=O) groups is 4. The molecule has 0 bridgehead atoms. The van der Waals surface area contributed by atoms with E-state index in [9.17, 15) is 19.2 Å². The molecule has 222 valence electrons. The first-order valence-electron chi connectivity index (χ1n) is 13.3. The number of amides is 3. The molecule has 3 amide bonds. The Labute approximate surface area is 236 Å². The third-order valence-electron chi connectivity index (χ3n) is 6.11. The van der Waals surface area contributed by atoms with Crippen molar-refractivity contribution in [2.45, 2.75) is 92.0 Å². The first-order valence-corrected chi connectivity index (χ1v) is 14.2. The monoisotopic (exact) mass is 570 g/mol. The molecule has 1 rings (SSSR count). The predicted octanol–water partition coefficient (Wildman–Crippen LogP) is 4.87. The van der Waals surface area contributed by atoms with Gasteiger partial charge in [-0.15, -0.1) is 11.3 Å². The van der Waals surface area contributed by atoms with Crippen molar-refractivity contribution in [2.75, 3.05) is 27.7 Å². The number of thiazole rings is 1. The van der Waals surface area contributed by atoms with Crippen LogP contribution < -0.4 is 5.32 Å². The van der Waals surface area contributed by atoms with Gasteiger partial charge in [0.2, 0.25) is 5.91 Å². The summed E-state index contributed by atoms with van der Waals surface area (Å²) in [7, 11) is 4.82. The molecule has 1 heterocycles. The molecule has 0 aliphatic rings. The lowest BCUT2D eigenvalue weighted by Gasteiger charge is -2.37. The topological polar surface area (TPSA) is 127 Å². The third kappa shape index (κ3) is 10.7. The molecule has 11 nitrogen and oxygen atoms in total. The standard InChI is InChI=1S/C27H46N4O7S/c1-12-17(5)21(29-25(34)38-27(6,7)8)23(32)31(11)19(16(3)4)14-20(37-26(35)30(9)10)22-28-18(15-39-22)24(33)36-13-2/h15-17,19-21H,12-14H2,1-11H3,(H,29,34)/t17?,19-,20-,21+/m1/s1. The number of hydrogen-bond donors (Lipinski definition) is 1. The summed E-state index contributed by atoms with van der Waals surface area (Å²) in [6.07, 6.45) is -1.17. The lowest BCUT2D eigenvalue weighted by atomic mass is 9.93. The minimum absolute atomic E-state index is 0.0388. The first-order chi connectivity index (χ1) is 18.0. The van der Waals surface area contributed by atoms with Crippen LogP contribution in [0.3, 0.4) is 0 Å².